The maximum absolute atomic E-state index is 12.9. The van der Waals surface area contributed by atoms with E-state index in [2.05, 4.69) is 5.10 Å². The average molecular weight is 379 g/mol. The molecule has 0 aliphatic heterocycles. The van der Waals surface area contributed by atoms with E-state index in [0.717, 1.165) is 11.1 Å². The highest BCUT2D eigenvalue weighted by Gasteiger charge is 2.19. The first kappa shape index (κ1) is 19.6. The predicted molar refractivity (Wildman–Crippen MR) is 108 cm³/mol. The SMILES string of the molecule is CCN(CC(O)COc1ccccc1)C(=O)c1cccc(-c2cnn(C)c2)c1. The van der Waals surface area contributed by atoms with Crippen LogP contribution in [0.25, 0.3) is 11.1 Å². The molecule has 2 aromatic carbocycles. The zero-order chi connectivity index (χ0) is 19.9. The molecule has 0 aliphatic rings. The number of amides is 1. The number of carbonyl (C=O) groups excluding carboxylic acids is 1. The molecule has 1 unspecified atom stereocenters. The van der Waals surface area contributed by atoms with Crippen molar-refractivity contribution in [1.29, 1.82) is 0 Å². The number of likely N-dealkylation sites (N-methyl/N-ethyl adjacent to an activating group) is 1. The average Bonchev–Trinajstić information content (AvgIpc) is 3.17. The lowest BCUT2D eigenvalue weighted by Crippen LogP contribution is -2.39. The van der Waals surface area contributed by atoms with Gasteiger partial charge >= 0.3 is 0 Å². The summed E-state index contributed by atoms with van der Waals surface area (Å²) in [6.07, 6.45) is 2.91. The number of aryl methyl sites for hydroxylation is 1. The molecule has 0 aliphatic carbocycles. The Kier molecular flexibility index (Phi) is 6.45. The van der Waals surface area contributed by atoms with E-state index in [9.17, 15) is 9.90 Å². The summed E-state index contributed by atoms with van der Waals surface area (Å²) in [4.78, 5) is 14.6. The third-order valence-electron chi connectivity index (χ3n) is 4.43. The van der Waals surface area contributed by atoms with Gasteiger partial charge in [-0.05, 0) is 36.8 Å². The second-order valence-electron chi connectivity index (χ2n) is 6.61. The van der Waals surface area contributed by atoms with E-state index in [1.165, 1.54) is 0 Å². The largest absolute Gasteiger partial charge is 0.491 e. The van der Waals surface area contributed by atoms with Crippen LogP contribution in [0.4, 0.5) is 0 Å². The summed E-state index contributed by atoms with van der Waals surface area (Å²) in [6, 6.07) is 16.8. The number of hydrogen-bond acceptors (Lipinski definition) is 4. The van der Waals surface area contributed by atoms with Crippen molar-refractivity contribution in [3.8, 4) is 16.9 Å². The molecule has 0 fully saturated rings. The van der Waals surface area contributed by atoms with Gasteiger partial charge in [-0.15, -0.1) is 0 Å². The van der Waals surface area contributed by atoms with Crippen LogP contribution in [0.1, 0.15) is 17.3 Å². The molecule has 1 aromatic heterocycles. The van der Waals surface area contributed by atoms with Crippen LogP contribution in [0.5, 0.6) is 5.75 Å². The van der Waals surface area contributed by atoms with Gasteiger partial charge in [-0.2, -0.15) is 5.10 Å². The van der Waals surface area contributed by atoms with Gasteiger partial charge in [-0.3, -0.25) is 9.48 Å². The molecule has 1 atom stereocenters. The van der Waals surface area contributed by atoms with Crippen LogP contribution in [0.2, 0.25) is 0 Å². The van der Waals surface area contributed by atoms with Gasteiger partial charge in [-0.25, -0.2) is 0 Å². The smallest absolute Gasteiger partial charge is 0.253 e. The highest BCUT2D eigenvalue weighted by Crippen LogP contribution is 2.20. The number of hydrogen-bond donors (Lipinski definition) is 1. The van der Waals surface area contributed by atoms with Gasteiger partial charge in [-0.1, -0.05) is 30.3 Å². The molecule has 28 heavy (non-hydrogen) atoms. The molecule has 0 bridgehead atoms. The van der Waals surface area contributed by atoms with Gasteiger partial charge in [0.15, 0.2) is 0 Å². The van der Waals surface area contributed by atoms with Crippen molar-refractivity contribution in [2.75, 3.05) is 19.7 Å². The normalized spacial score (nSPS) is 11.8. The van der Waals surface area contributed by atoms with Crippen molar-refractivity contribution < 1.29 is 14.6 Å². The van der Waals surface area contributed by atoms with Crippen molar-refractivity contribution in [3.05, 3.63) is 72.6 Å². The summed E-state index contributed by atoms with van der Waals surface area (Å²) in [7, 11) is 1.86. The van der Waals surface area contributed by atoms with Crippen molar-refractivity contribution in [1.82, 2.24) is 14.7 Å². The van der Waals surface area contributed by atoms with Crippen LogP contribution in [0.3, 0.4) is 0 Å². The van der Waals surface area contributed by atoms with Gasteiger partial charge in [0.1, 0.15) is 18.5 Å². The lowest BCUT2D eigenvalue weighted by molar-refractivity contribution is 0.0514. The number of aromatic nitrogens is 2. The van der Waals surface area contributed by atoms with E-state index >= 15 is 0 Å². The Balaban J connectivity index is 1.64. The summed E-state index contributed by atoms with van der Waals surface area (Å²) in [6.45, 7) is 2.73. The van der Waals surface area contributed by atoms with E-state index in [0.29, 0.717) is 17.9 Å². The Morgan fingerprint density at radius 1 is 1.18 bits per heavy atom. The Bertz CT molecular complexity index is 908. The molecule has 1 heterocycles. The maximum Gasteiger partial charge on any atom is 0.253 e. The molecule has 3 rings (SSSR count). The van der Waals surface area contributed by atoms with Gasteiger partial charge in [0.05, 0.1) is 12.7 Å². The fourth-order valence-corrected chi connectivity index (χ4v) is 2.96. The zero-order valence-corrected chi connectivity index (χ0v) is 16.2. The van der Waals surface area contributed by atoms with E-state index in [1.54, 1.807) is 21.8 Å². The molecule has 0 spiro atoms. The minimum absolute atomic E-state index is 0.119. The van der Waals surface area contributed by atoms with Crippen molar-refractivity contribution in [2.45, 2.75) is 13.0 Å². The number of benzene rings is 2. The minimum Gasteiger partial charge on any atom is -0.491 e. The van der Waals surface area contributed by atoms with Crippen molar-refractivity contribution >= 4 is 5.91 Å². The fourth-order valence-electron chi connectivity index (χ4n) is 2.96. The summed E-state index contributed by atoms with van der Waals surface area (Å²) < 4.78 is 7.31. The van der Waals surface area contributed by atoms with E-state index in [1.807, 2.05) is 68.7 Å². The van der Waals surface area contributed by atoms with Crippen LogP contribution in [-0.4, -0.2) is 51.5 Å². The van der Waals surface area contributed by atoms with Crippen LogP contribution >= 0.6 is 0 Å². The second kappa shape index (κ2) is 9.19. The number of para-hydroxylation sites is 1. The van der Waals surface area contributed by atoms with Crippen LogP contribution < -0.4 is 4.74 Å². The number of aliphatic hydroxyl groups excluding tert-OH is 1. The number of nitrogens with zero attached hydrogens (tertiary/aromatic N) is 3. The third kappa shape index (κ3) is 4.98. The second-order valence-corrected chi connectivity index (χ2v) is 6.61. The molecule has 1 amide bonds. The Labute approximate surface area is 165 Å². The van der Waals surface area contributed by atoms with Gasteiger partial charge in [0.2, 0.25) is 0 Å². The molecule has 6 heteroatoms. The standard InChI is InChI=1S/C22H25N3O3/c1-3-25(15-20(26)16-28-21-10-5-4-6-11-21)22(27)18-9-7-8-17(12-18)19-13-23-24(2)14-19/h4-14,20,26H,3,15-16H2,1-2H3. The van der Waals surface area contributed by atoms with E-state index in [-0.39, 0.29) is 19.1 Å². The quantitative estimate of drug-likeness (QED) is 0.653. The number of aliphatic hydroxyl groups is 1. The fraction of sp³-hybridized carbons (Fsp3) is 0.273. The lowest BCUT2D eigenvalue weighted by atomic mass is 10.1. The molecular formula is C22H25N3O3. The summed E-state index contributed by atoms with van der Waals surface area (Å²) in [5.74, 6) is 0.576. The van der Waals surface area contributed by atoms with Crippen molar-refractivity contribution in [3.63, 3.8) is 0 Å². The topological polar surface area (TPSA) is 67.6 Å². The van der Waals surface area contributed by atoms with Crippen LogP contribution in [0.15, 0.2) is 67.0 Å². The van der Waals surface area contributed by atoms with E-state index in [4.69, 9.17) is 4.74 Å². The third-order valence-corrected chi connectivity index (χ3v) is 4.43. The molecular weight excluding hydrogens is 354 g/mol. The first-order valence-corrected chi connectivity index (χ1v) is 9.31. The molecule has 0 saturated carbocycles. The zero-order valence-electron chi connectivity index (χ0n) is 16.2. The number of ether oxygens (including phenoxy) is 1. The number of carbonyl (C=O) groups is 1. The molecule has 146 valence electrons. The van der Waals surface area contributed by atoms with Gasteiger partial charge in [0, 0.05) is 30.9 Å². The summed E-state index contributed by atoms with van der Waals surface area (Å²) >= 11 is 0. The molecule has 6 nitrogen and oxygen atoms in total. The first-order valence-electron chi connectivity index (χ1n) is 9.31. The maximum atomic E-state index is 12.9. The van der Waals surface area contributed by atoms with Crippen molar-refractivity contribution in [2.24, 2.45) is 7.05 Å². The Morgan fingerprint density at radius 2 is 1.96 bits per heavy atom. The Hall–Kier alpha value is -3.12. The van der Waals surface area contributed by atoms with Gasteiger partial charge < -0.3 is 14.7 Å². The monoisotopic (exact) mass is 379 g/mol. The molecule has 3 aromatic rings. The lowest BCUT2D eigenvalue weighted by Gasteiger charge is -2.24. The molecule has 0 radical (unpaired) electrons. The van der Waals surface area contributed by atoms with Gasteiger partial charge in [0.25, 0.3) is 5.91 Å². The van der Waals surface area contributed by atoms with Crippen LogP contribution in [-0.2, 0) is 7.05 Å². The molecule has 0 saturated heterocycles. The number of rotatable bonds is 8. The van der Waals surface area contributed by atoms with Crippen LogP contribution in [0, 0.1) is 0 Å². The minimum atomic E-state index is -0.773. The molecule has 1 N–H and O–H groups in total. The summed E-state index contributed by atoms with van der Waals surface area (Å²) in [5, 5.41) is 14.5. The predicted octanol–water partition coefficient (Wildman–Crippen LogP) is 2.99. The first-order chi connectivity index (χ1) is 13.6. The highest BCUT2D eigenvalue weighted by atomic mass is 16.5. The van der Waals surface area contributed by atoms with E-state index < -0.39 is 6.10 Å². The summed E-state index contributed by atoms with van der Waals surface area (Å²) in [5.41, 5.74) is 2.47. The Morgan fingerprint density at radius 3 is 2.64 bits per heavy atom. The highest BCUT2D eigenvalue weighted by molar-refractivity contribution is 5.95.